The van der Waals surface area contributed by atoms with Crippen molar-refractivity contribution < 1.29 is 14.3 Å². The van der Waals surface area contributed by atoms with E-state index in [0.717, 1.165) is 29.0 Å². The molecule has 2 aromatic carbocycles. The van der Waals surface area contributed by atoms with E-state index in [1.54, 1.807) is 7.11 Å². The number of carbonyl (C=O) groups excluding carboxylic acids is 1. The number of anilines is 1. The zero-order valence-electron chi connectivity index (χ0n) is 16.7. The summed E-state index contributed by atoms with van der Waals surface area (Å²) in [5, 5.41) is 0. The first kappa shape index (κ1) is 20.5. The number of benzene rings is 2. The molecule has 0 bridgehead atoms. The molecule has 0 N–H and O–H groups in total. The van der Waals surface area contributed by atoms with Gasteiger partial charge in [0.05, 0.1) is 11.6 Å². The number of ether oxygens (including phenoxy) is 2. The minimum atomic E-state index is 0.0224. The molecular formula is C22H27BrN2O3. The molecule has 2 aromatic rings. The highest BCUT2D eigenvalue weighted by molar-refractivity contribution is 9.10. The van der Waals surface area contributed by atoms with Crippen molar-refractivity contribution in [2.45, 2.75) is 19.8 Å². The molecule has 1 amide bonds. The lowest BCUT2D eigenvalue weighted by molar-refractivity contribution is -0.133. The monoisotopic (exact) mass is 446 g/mol. The molecule has 1 heterocycles. The van der Waals surface area contributed by atoms with Crippen LogP contribution in [0.5, 0.6) is 11.5 Å². The van der Waals surface area contributed by atoms with E-state index in [1.807, 2.05) is 29.2 Å². The Balaban J connectivity index is 1.50. The molecule has 0 spiro atoms. The fourth-order valence-electron chi connectivity index (χ4n) is 3.23. The van der Waals surface area contributed by atoms with Gasteiger partial charge in [-0.25, -0.2) is 0 Å². The van der Waals surface area contributed by atoms with E-state index in [0.29, 0.717) is 24.8 Å². The molecule has 1 aliphatic heterocycles. The van der Waals surface area contributed by atoms with Gasteiger partial charge in [-0.05, 0) is 63.8 Å². The maximum Gasteiger partial charge on any atom is 0.260 e. The third kappa shape index (κ3) is 4.98. The van der Waals surface area contributed by atoms with E-state index in [4.69, 9.17) is 9.47 Å². The zero-order valence-corrected chi connectivity index (χ0v) is 18.2. The molecule has 1 aliphatic rings. The molecular weight excluding hydrogens is 420 g/mol. The van der Waals surface area contributed by atoms with Crippen LogP contribution in [0.2, 0.25) is 0 Å². The van der Waals surface area contributed by atoms with Crippen LogP contribution in [0, 0.1) is 0 Å². The standard InChI is InChI=1S/C22H27BrN2O3/c1-16(2)17-4-9-21(20(23)14-17)28-15-22(26)25-12-10-24(11-13-25)18-5-7-19(27-3)8-6-18/h4-9,14,16H,10-13,15H2,1-3H3. The molecule has 5 nitrogen and oxygen atoms in total. The van der Waals surface area contributed by atoms with Crippen LogP contribution in [0.1, 0.15) is 25.3 Å². The van der Waals surface area contributed by atoms with E-state index >= 15 is 0 Å². The van der Waals surface area contributed by atoms with Crippen molar-refractivity contribution in [1.29, 1.82) is 0 Å². The number of carbonyl (C=O) groups is 1. The van der Waals surface area contributed by atoms with Gasteiger partial charge in [0, 0.05) is 31.9 Å². The summed E-state index contributed by atoms with van der Waals surface area (Å²) in [7, 11) is 1.67. The van der Waals surface area contributed by atoms with Crippen molar-refractivity contribution in [3.63, 3.8) is 0 Å². The second kappa shape index (κ2) is 9.32. The molecule has 6 heteroatoms. The summed E-state index contributed by atoms with van der Waals surface area (Å²) >= 11 is 3.54. The van der Waals surface area contributed by atoms with Gasteiger partial charge >= 0.3 is 0 Å². The van der Waals surface area contributed by atoms with Crippen LogP contribution in [0.3, 0.4) is 0 Å². The smallest absolute Gasteiger partial charge is 0.260 e. The molecule has 1 saturated heterocycles. The fourth-order valence-corrected chi connectivity index (χ4v) is 3.74. The first-order valence-electron chi connectivity index (χ1n) is 9.57. The summed E-state index contributed by atoms with van der Waals surface area (Å²) in [6.07, 6.45) is 0. The molecule has 3 rings (SSSR count). The normalized spacial score (nSPS) is 14.3. The van der Waals surface area contributed by atoms with Gasteiger partial charge in [0.1, 0.15) is 11.5 Å². The van der Waals surface area contributed by atoms with Crippen molar-refractivity contribution in [2.75, 3.05) is 44.8 Å². The van der Waals surface area contributed by atoms with Crippen LogP contribution < -0.4 is 14.4 Å². The fraction of sp³-hybridized carbons (Fsp3) is 0.409. The summed E-state index contributed by atoms with van der Waals surface area (Å²) < 4.78 is 11.8. The van der Waals surface area contributed by atoms with E-state index in [9.17, 15) is 4.79 Å². The summed E-state index contributed by atoms with van der Waals surface area (Å²) in [4.78, 5) is 16.7. The van der Waals surface area contributed by atoms with Crippen LogP contribution in [0.4, 0.5) is 5.69 Å². The van der Waals surface area contributed by atoms with E-state index in [1.165, 1.54) is 5.56 Å². The van der Waals surface area contributed by atoms with Crippen molar-refractivity contribution in [2.24, 2.45) is 0 Å². The largest absolute Gasteiger partial charge is 0.497 e. The first-order chi connectivity index (χ1) is 13.5. The Morgan fingerprint density at radius 3 is 2.32 bits per heavy atom. The second-order valence-corrected chi connectivity index (χ2v) is 8.05. The molecule has 28 heavy (non-hydrogen) atoms. The summed E-state index contributed by atoms with van der Waals surface area (Å²) in [5.41, 5.74) is 2.39. The van der Waals surface area contributed by atoms with Gasteiger partial charge in [0.15, 0.2) is 6.61 Å². The van der Waals surface area contributed by atoms with Crippen molar-refractivity contribution >= 4 is 27.5 Å². The topological polar surface area (TPSA) is 42.0 Å². The Morgan fingerprint density at radius 2 is 1.75 bits per heavy atom. The Morgan fingerprint density at radius 1 is 1.07 bits per heavy atom. The molecule has 0 saturated carbocycles. The second-order valence-electron chi connectivity index (χ2n) is 7.20. The van der Waals surface area contributed by atoms with Crippen molar-refractivity contribution in [3.05, 3.63) is 52.5 Å². The average molecular weight is 447 g/mol. The van der Waals surface area contributed by atoms with Crippen molar-refractivity contribution in [3.8, 4) is 11.5 Å². The van der Waals surface area contributed by atoms with Crippen LogP contribution >= 0.6 is 15.9 Å². The Kier molecular flexibility index (Phi) is 6.83. The number of methoxy groups -OCH3 is 1. The highest BCUT2D eigenvalue weighted by Gasteiger charge is 2.22. The lowest BCUT2D eigenvalue weighted by atomic mass is 10.0. The van der Waals surface area contributed by atoms with E-state index in [2.05, 4.69) is 52.9 Å². The molecule has 0 aliphatic carbocycles. The van der Waals surface area contributed by atoms with Crippen LogP contribution in [-0.2, 0) is 4.79 Å². The first-order valence-corrected chi connectivity index (χ1v) is 10.4. The van der Waals surface area contributed by atoms with Gasteiger partial charge in [-0.15, -0.1) is 0 Å². The predicted octanol–water partition coefficient (Wildman–Crippen LogP) is 4.31. The van der Waals surface area contributed by atoms with Gasteiger partial charge in [0.2, 0.25) is 0 Å². The highest BCUT2D eigenvalue weighted by atomic mass is 79.9. The SMILES string of the molecule is COc1ccc(N2CCN(C(=O)COc3ccc(C(C)C)cc3Br)CC2)cc1. The van der Waals surface area contributed by atoms with Crippen LogP contribution in [-0.4, -0.2) is 50.7 Å². The predicted molar refractivity (Wildman–Crippen MR) is 116 cm³/mol. The Bertz CT molecular complexity index is 800. The lowest BCUT2D eigenvalue weighted by Crippen LogP contribution is -2.50. The minimum absolute atomic E-state index is 0.0224. The van der Waals surface area contributed by atoms with Gasteiger partial charge < -0.3 is 19.3 Å². The molecule has 1 fully saturated rings. The number of piperazine rings is 1. The summed E-state index contributed by atoms with van der Waals surface area (Å²) in [6, 6.07) is 14.1. The Hall–Kier alpha value is -2.21. The highest BCUT2D eigenvalue weighted by Crippen LogP contribution is 2.29. The average Bonchev–Trinajstić information content (AvgIpc) is 2.72. The molecule has 0 radical (unpaired) electrons. The Labute approximate surface area is 175 Å². The van der Waals surface area contributed by atoms with Crippen molar-refractivity contribution in [1.82, 2.24) is 4.90 Å². The number of rotatable bonds is 6. The van der Waals surface area contributed by atoms with E-state index < -0.39 is 0 Å². The number of hydrogen-bond acceptors (Lipinski definition) is 4. The number of nitrogens with zero attached hydrogens (tertiary/aromatic N) is 2. The van der Waals surface area contributed by atoms with Gasteiger partial charge in [-0.1, -0.05) is 19.9 Å². The van der Waals surface area contributed by atoms with Crippen LogP contribution in [0.15, 0.2) is 46.9 Å². The van der Waals surface area contributed by atoms with Gasteiger partial charge in [-0.3, -0.25) is 4.79 Å². The molecule has 0 aromatic heterocycles. The summed E-state index contributed by atoms with van der Waals surface area (Å²) in [6.45, 7) is 7.37. The molecule has 0 unspecified atom stereocenters. The third-order valence-corrected chi connectivity index (χ3v) is 5.66. The van der Waals surface area contributed by atoms with Gasteiger partial charge in [0.25, 0.3) is 5.91 Å². The van der Waals surface area contributed by atoms with Gasteiger partial charge in [-0.2, -0.15) is 0 Å². The maximum absolute atomic E-state index is 12.5. The number of hydrogen-bond donors (Lipinski definition) is 0. The number of halogens is 1. The third-order valence-electron chi connectivity index (χ3n) is 5.04. The van der Waals surface area contributed by atoms with Crippen LogP contribution in [0.25, 0.3) is 0 Å². The maximum atomic E-state index is 12.5. The molecule has 0 atom stereocenters. The molecule has 150 valence electrons. The minimum Gasteiger partial charge on any atom is -0.497 e. The zero-order chi connectivity index (χ0) is 20.1. The number of amides is 1. The van der Waals surface area contributed by atoms with E-state index in [-0.39, 0.29) is 12.5 Å². The lowest BCUT2D eigenvalue weighted by Gasteiger charge is -2.36. The summed E-state index contributed by atoms with van der Waals surface area (Å²) in [5.74, 6) is 2.03. The quantitative estimate of drug-likeness (QED) is 0.662.